The fourth-order valence-electron chi connectivity index (χ4n) is 2.28. The molecule has 2 N–H and O–H groups in total. The highest BCUT2D eigenvalue weighted by Crippen LogP contribution is 2.34. The molecule has 0 aliphatic rings. The van der Waals surface area contributed by atoms with Gasteiger partial charge in [-0.1, -0.05) is 30.3 Å². The van der Waals surface area contributed by atoms with Gasteiger partial charge in [0.1, 0.15) is 5.75 Å². The van der Waals surface area contributed by atoms with Crippen molar-refractivity contribution in [2.75, 3.05) is 13.7 Å². The van der Waals surface area contributed by atoms with E-state index in [-0.39, 0.29) is 17.2 Å². The van der Waals surface area contributed by atoms with E-state index < -0.39 is 23.0 Å². The molecule has 0 aliphatic heterocycles. The number of imide groups is 1. The van der Waals surface area contributed by atoms with Gasteiger partial charge in [-0.3, -0.25) is 20.2 Å². The molecular weight excluding hydrogens is 354 g/mol. The van der Waals surface area contributed by atoms with Crippen LogP contribution in [0.5, 0.6) is 11.5 Å². The molecule has 0 bridgehead atoms. The van der Waals surface area contributed by atoms with Crippen molar-refractivity contribution >= 4 is 17.6 Å². The summed E-state index contributed by atoms with van der Waals surface area (Å²) in [6.07, 6.45) is -1.26. The second-order valence-electron chi connectivity index (χ2n) is 5.35. The number of benzene rings is 2. The minimum absolute atomic E-state index is 0.124. The van der Waals surface area contributed by atoms with Crippen molar-refractivity contribution in [2.24, 2.45) is 0 Å². The van der Waals surface area contributed by atoms with E-state index in [1.54, 1.807) is 37.3 Å². The number of nitro benzene ring substituents is 1. The van der Waals surface area contributed by atoms with Gasteiger partial charge in [0.15, 0.2) is 5.75 Å². The van der Waals surface area contributed by atoms with E-state index in [0.29, 0.717) is 12.1 Å². The van der Waals surface area contributed by atoms with Crippen molar-refractivity contribution in [2.45, 2.75) is 13.0 Å². The summed E-state index contributed by atoms with van der Waals surface area (Å²) >= 11 is 0. The van der Waals surface area contributed by atoms with Crippen molar-refractivity contribution in [3.63, 3.8) is 0 Å². The molecule has 0 unspecified atom stereocenters. The Balaban J connectivity index is 2.36. The van der Waals surface area contributed by atoms with E-state index in [1.165, 1.54) is 25.3 Å². The van der Waals surface area contributed by atoms with Crippen LogP contribution in [0, 0.1) is 10.1 Å². The van der Waals surface area contributed by atoms with Crippen molar-refractivity contribution in [1.82, 2.24) is 10.6 Å². The van der Waals surface area contributed by atoms with Crippen LogP contribution in [0.1, 0.15) is 18.6 Å². The zero-order valence-corrected chi connectivity index (χ0v) is 14.8. The van der Waals surface area contributed by atoms with Gasteiger partial charge in [-0.25, -0.2) is 4.79 Å². The number of urea groups is 1. The normalized spacial score (nSPS) is 11.2. The summed E-state index contributed by atoms with van der Waals surface area (Å²) in [6.45, 7) is 2.04. The standard InChI is InChI=1S/C18H19N3O6/c1-3-19-18(23)20-17(22)16(12-7-5-4-6-8-12)27-15-10-9-13(26-2)11-14(15)21(24)25/h4-11,16H,3H2,1-2H3,(H2,19,20,22,23)/t16-/m0/s1. The van der Waals surface area contributed by atoms with E-state index >= 15 is 0 Å². The quantitative estimate of drug-likeness (QED) is 0.568. The van der Waals surface area contributed by atoms with Crippen LogP contribution in [0.4, 0.5) is 10.5 Å². The molecule has 9 nitrogen and oxygen atoms in total. The third-order valence-corrected chi connectivity index (χ3v) is 3.52. The van der Waals surface area contributed by atoms with Crippen LogP contribution < -0.4 is 20.1 Å². The van der Waals surface area contributed by atoms with Gasteiger partial charge in [0.2, 0.25) is 6.10 Å². The molecule has 0 saturated carbocycles. The second-order valence-corrected chi connectivity index (χ2v) is 5.35. The number of methoxy groups -OCH3 is 1. The first-order chi connectivity index (χ1) is 13.0. The molecule has 2 rings (SSSR count). The molecule has 0 aromatic heterocycles. The van der Waals surface area contributed by atoms with E-state index in [4.69, 9.17) is 9.47 Å². The summed E-state index contributed by atoms with van der Waals surface area (Å²) in [5.74, 6) is -0.602. The lowest BCUT2D eigenvalue weighted by molar-refractivity contribution is -0.386. The van der Waals surface area contributed by atoms with Gasteiger partial charge in [-0.05, 0) is 19.1 Å². The zero-order chi connectivity index (χ0) is 19.8. The Morgan fingerprint density at radius 2 is 1.89 bits per heavy atom. The summed E-state index contributed by atoms with van der Waals surface area (Å²) in [5.41, 5.74) is 0.0745. The first-order valence-corrected chi connectivity index (χ1v) is 8.09. The Hall–Kier alpha value is -3.62. The molecule has 0 radical (unpaired) electrons. The van der Waals surface area contributed by atoms with Crippen LogP contribution in [-0.2, 0) is 4.79 Å². The van der Waals surface area contributed by atoms with Gasteiger partial charge in [-0.2, -0.15) is 0 Å². The summed E-state index contributed by atoms with van der Waals surface area (Å²) in [5, 5.41) is 15.9. The SMILES string of the molecule is CCNC(=O)NC(=O)[C@@H](Oc1ccc(OC)cc1[N+](=O)[O-])c1ccccc1. The van der Waals surface area contributed by atoms with Crippen molar-refractivity contribution in [3.05, 3.63) is 64.2 Å². The number of nitrogens with zero attached hydrogens (tertiary/aromatic N) is 1. The zero-order valence-electron chi connectivity index (χ0n) is 14.8. The fraction of sp³-hybridized carbons (Fsp3) is 0.222. The summed E-state index contributed by atoms with van der Waals surface area (Å²) < 4.78 is 10.6. The van der Waals surface area contributed by atoms with Crippen LogP contribution in [-0.4, -0.2) is 30.5 Å². The molecule has 27 heavy (non-hydrogen) atoms. The van der Waals surface area contributed by atoms with Crippen LogP contribution in [0.3, 0.4) is 0 Å². The monoisotopic (exact) mass is 373 g/mol. The fourth-order valence-corrected chi connectivity index (χ4v) is 2.28. The van der Waals surface area contributed by atoms with E-state index in [1.807, 2.05) is 0 Å². The lowest BCUT2D eigenvalue weighted by Gasteiger charge is -2.19. The predicted molar refractivity (Wildman–Crippen MR) is 96.7 cm³/mol. The van der Waals surface area contributed by atoms with E-state index in [0.717, 1.165) is 0 Å². The van der Waals surface area contributed by atoms with Gasteiger partial charge < -0.3 is 14.8 Å². The molecule has 0 heterocycles. The number of hydrogen-bond acceptors (Lipinski definition) is 6. The molecule has 2 aromatic rings. The van der Waals surface area contributed by atoms with Gasteiger partial charge >= 0.3 is 11.7 Å². The molecule has 1 atom stereocenters. The molecule has 0 aliphatic carbocycles. The molecule has 9 heteroatoms. The molecular formula is C18H19N3O6. The van der Waals surface area contributed by atoms with Crippen molar-refractivity contribution < 1.29 is 24.0 Å². The Bertz CT molecular complexity index is 825. The van der Waals surface area contributed by atoms with Crippen LogP contribution in [0.25, 0.3) is 0 Å². The average Bonchev–Trinajstić information content (AvgIpc) is 2.66. The third kappa shape index (κ3) is 5.18. The maximum absolute atomic E-state index is 12.5. The summed E-state index contributed by atoms with van der Waals surface area (Å²) in [7, 11) is 1.38. The third-order valence-electron chi connectivity index (χ3n) is 3.52. The predicted octanol–water partition coefficient (Wildman–Crippen LogP) is 2.57. The molecule has 0 spiro atoms. The van der Waals surface area contributed by atoms with Crippen molar-refractivity contribution in [3.8, 4) is 11.5 Å². The molecule has 2 aromatic carbocycles. The lowest BCUT2D eigenvalue weighted by Crippen LogP contribution is -2.42. The maximum Gasteiger partial charge on any atom is 0.321 e. The first kappa shape index (κ1) is 19.7. The van der Waals surface area contributed by atoms with Gasteiger partial charge in [0.25, 0.3) is 5.91 Å². The number of nitro groups is 1. The van der Waals surface area contributed by atoms with Gasteiger partial charge in [0, 0.05) is 12.1 Å². The minimum Gasteiger partial charge on any atom is -0.496 e. The minimum atomic E-state index is -1.26. The highest BCUT2D eigenvalue weighted by molar-refractivity contribution is 5.97. The number of rotatable bonds is 7. The van der Waals surface area contributed by atoms with Gasteiger partial charge in [0.05, 0.1) is 18.1 Å². The Kier molecular flexibility index (Phi) is 6.70. The number of carbonyl (C=O) groups is 2. The summed E-state index contributed by atoms with van der Waals surface area (Å²) in [4.78, 5) is 34.9. The van der Waals surface area contributed by atoms with Crippen molar-refractivity contribution in [1.29, 1.82) is 0 Å². The highest BCUT2D eigenvalue weighted by atomic mass is 16.6. The Morgan fingerprint density at radius 1 is 1.19 bits per heavy atom. The maximum atomic E-state index is 12.5. The molecule has 142 valence electrons. The lowest BCUT2D eigenvalue weighted by atomic mass is 10.1. The van der Waals surface area contributed by atoms with Gasteiger partial charge in [-0.15, -0.1) is 0 Å². The van der Waals surface area contributed by atoms with Crippen LogP contribution in [0.15, 0.2) is 48.5 Å². The smallest absolute Gasteiger partial charge is 0.321 e. The molecule has 0 fully saturated rings. The molecule has 3 amide bonds. The number of nitrogens with one attached hydrogen (secondary N) is 2. The Morgan fingerprint density at radius 3 is 2.48 bits per heavy atom. The van der Waals surface area contributed by atoms with E-state index in [9.17, 15) is 19.7 Å². The van der Waals surface area contributed by atoms with Crippen LogP contribution >= 0.6 is 0 Å². The average molecular weight is 373 g/mol. The van der Waals surface area contributed by atoms with Crippen LogP contribution in [0.2, 0.25) is 0 Å². The largest absolute Gasteiger partial charge is 0.496 e. The van der Waals surface area contributed by atoms with E-state index in [2.05, 4.69) is 10.6 Å². The Labute approximate surface area is 155 Å². The number of carbonyl (C=O) groups excluding carboxylic acids is 2. The highest BCUT2D eigenvalue weighted by Gasteiger charge is 2.28. The molecule has 0 saturated heterocycles. The number of ether oxygens (including phenoxy) is 2. The number of amides is 3. The summed E-state index contributed by atoms with van der Waals surface area (Å²) in [6, 6.07) is 11.7. The topological polar surface area (TPSA) is 120 Å². The number of hydrogen-bond donors (Lipinski definition) is 2. The first-order valence-electron chi connectivity index (χ1n) is 8.09. The second kappa shape index (κ2) is 9.18.